The van der Waals surface area contributed by atoms with Gasteiger partial charge in [-0.15, -0.1) is 0 Å². The molecule has 1 N–H and O–H groups in total. The van der Waals surface area contributed by atoms with E-state index in [4.69, 9.17) is 42.1 Å². The van der Waals surface area contributed by atoms with Crippen LogP contribution in [0.3, 0.4) is 0 Å². The lowest BCUT2D eigenvalue weighted by molar-refractivity contribution is 0.0485. The number of halogens is 2. The summed E-state index contributed by atoms with van der Waals surface area (Å²) in [6, 6.07) is 7.44. The maximum Gasteiger partial charge on any atom is 0.338 e. The number of carbonyl (C=O) groups excluding carboxylic acids is 1. The van der Waals surface area contributed by atoms with Gasteiger partial charge in [-0.05, 0) is 18.2 Å². The molecule has 0 fully saturated rings. The molecule has 26 heavy (non-hydrogen) atoms. The zero-order valence-electron chi connectivity index (χ0n) is 14.3. The molecule has 0 saturated heterocycles. The van der Waals surface area contributed by atoms with E-state index < -0.39 is 5.97 Å². The van der Waals surface area contributed by atoms with E-state index in [-0.39, 0.29) is 34.8 Å². The van der Waals surface area contributed by atoms with Crippen LogP contribution in [0.2, 0.25) is 10.0 Å². The van der Waals surface area contributed by atoms with Crippen molar-refractivity contribution in [1.82, 2.24) is 0 Å². The van der Waals surface area contributed by atoms with Crippen LogP contribution < -0.4 is 14.2 Å². The lowest BCUT2D eigenvalue weighted by atomic mass is 10.2. The first-order chi connectivity index (χ1) is 12.5. The maximum atomic E-state index is 12.1. The van der Waals surface area contributed by atoms with Gasteiger partial charge in [-0.1, -0.05) is 23.2 Å². The van der Waals surface area contributed by atoms with Gasteiger partial charge in [0.15, 0.2) is 17.2 Å². The third-order valence-corrected chi connectivity index (χ3v) is 3.93. The SMILES string of the molecule is COc1ccc(C(=O)OCCCOc2c(Cl)cc(O)cc2Cl)cc1OC. The number of methoxy groups -OCH3 is 2. The van der Waals surface area contributed by atoms with Crippen molar-refractivity contribution >= 4 is 29.2 Å². The fraction of sp³-hybridized carbons (Fsp3) is 0.278. The Hall–Kier alpha value is -2.31. The number of hydrogen-bond acceptors (Lipinski definition) is 6. The summed E-state index contributed by atoms with van der Waals surface area (Å²) in [6.45, 7) is 0.393. The van der Waals surface area contributed by atoms with Gasteiger partial charge in [0.2, 0.25) is 0 Å². The highest BCUT2D eigenvalue weighted by atomic mass is 35.5. The van der Waals surface area contributed by atoms with Crippen molar-refractivity contribution < 1.29 is 28.8 Å². The Bertz CT molecular complexity index is 755. The Kier molecular flexibility index (Phi) is 7.24. The van der Waals surface area contributed by atoms with Crippen molar-refractivity contribution in [1.29, 1.82) is 0 Å². The van der Waals surface area contributed by atoms with E-state index in [0.29, 0.717) is 23.5 Å². The molecular formula is C18H18Cl2O6. The summed E-state index contributed by atoms with van der Waals surface area (Å²) in [4.78, 5) is 12.1. The standard InChI is InChI=1S/C18H18Cl2O6/c1-23-15-5-4-11(8-16(15)24-2)18(22)26-7-3-6-25-17-13(19)9-12(21)10-14(17)20/h4-5,8-10,21H,3,6-7H2,1-2H3. The average Bonchev–Trinajstić information content (AvgIpc) is 2.62. The number of phenols is 1. The summed E-state index contributed by atoms with van der Waals surface area (Å²) in [7, 11) is 3.01. The Morgan fingerprint density at radius 3 is 2.27 bits per heavy atom. The fourth-order valence-electron chi connectivity index (χ4n) is 2.13. The van der Waals surface area contributed by atoms with Crippen molar-refractivity contribution in [2.75, 3.05) is 27.4 Å². The molecule has 0 amide bonds. The third-order valence-electron chi connectivity index (χ3n) is 3.37. The number of ether oxygens (including phenoxy) is 4. The topological polar surface area (TPSA) is 74.2 Å². The lowest BCUT2D eigenvalue weighted by Crippen LogP contribution is -2.10. The van der Waals surface area contributed by atoms with Crippen molar-refractivity contribution in [2.24, 2.45) is 0 Å². The highest BCUT2D eigenvalue weighted by molar-refractivity contribution is 6.37. The molecule has 0 aliphatic carbocycles. The first kappa shape index (κ1) is 20.0. The van der Waals surface area contributed by atoms with E-state index in [0.717, 1.165) is 0 Å². The van der Waals surface area contributed by atoms with Gasteiger partial charge in [-0.25, -0.2) is 4.79 Å². The number of hydrogen-bond donors (Lipinski definition) is 1. The largest absolute Gasteiger partial charge is 0.508 e. The molecule has 0 aliphatic rings. The van der Waals surface area contributed by atoms with Crippen molar-refractivity contribution in [3.63, 3.8) is 0 Å². The lowest BCUT2D eigenvalue weighted by Gasteiger charge is -2.11. The van der Waals surface area contributed by atoms with E-state index in [9.17, 15) is 9.90 Å². The van der Waals surface area contributed by atoms with Gasteiger partial charge in [-0.2, -0.15) is 0 Å². The van der Waals surface area contributed by atoms with Crippen molar-refractivity contribution in [2.45, 2.75) is 6.42 Å². The van der Waals surface area contributed by atoms with E-state index in [1.54, 1.807) is 18.2 Å². The first-order valence-electron chi connectivity index (χ1n) is 7.66. The molecule has 0 aromatic heterocycles. The second kappa shape index (κ2) is 9.40. The van der Waals surface area contributed by atoms with Gasteiger partial charge in [0, 0.05) is 18.6 Å². The van der Waals surface area contributed by atoms with Crippen LogP contribution in [0.4, 0.5) is 0 Å². The number of carbonyl (C=O) groups is 1. The summed E-state index contributed by atoms with van der Waals surface area (Å²) in [5.74, 6) is 0.724. The van der Waals surface area contributed by atoms with Crippen LogP contribution >= 0.6 is 23.2 Å². The Morgan fingerprint density at radius 2 is 1.65 bits per heavy atom. The molecule has 2 aromatic rings. The quantitative estimate of drug-likeness (QED) is 0.524. The predicted octanol–water partition coefficient (Wildman–Crippen LogP) is 4.34. The fourth-order valence-corrected chi connectivity index (χ4v) is 2.71. The molecular weight excluding hydrogens is 383 g/mol. The third kappa shape index (κ3) is 5.09. The maximum absolute atomic E-state index is 12.1. The minimum absolute atomic E-state index is 0.0452. The molecule has 0 unspecified atom stereocenters. The zero-order valence-corrected chi connectivity index (χ0v) is 15.8. The van der Waals surface area contributed by atoms with Crippen LogP contribution in [0, 0.1) is 0 Å². The van der Waals surface area contributed by atoms with Crippen LogP contribution in [0.15, 0.2) is 30.3 Å². The van der Waals surface area contributed by atoms with Gasteiger partial charge >= 0.3 is 5.97 Å². The monoisotopic (exact) mass is 400 g/mol. The van der Waals surface area contributed by atoms with Crippen LogP contribution in [0.1, 0.15) is 16.8 Å². The summed E-state index contributed by atoms with van der Waals surface area (Å²) < 4.78 is 20.9. The highest BCUT2D eigenvalue weighted by Gasteiger charge is 2.12. The number of rotatable bonds is 8. The smallest absolute Gasteiger partial charge is 0.338 e. The molecule has 0 bridgehead atoms. The second-order valence-electron chi connectivity index (χ2n) is 5.15. The van der Waals surface area contributed by atoms with E-state index >= 15 is 0 Å². The molecule has 0 atom stereocenters. The number of esters is 1. The minimum Gasteiger partial charge on any atom is -0.508 e. The normalized spacial score (nSPS) is 10.3. The number of benzene rings is 2. The molecule has 6 nitrogen and oxygen atoms in total. The van der Waals surface area contributed by atoms with E-state index in [1.807, 2.05) is 0 Å². The highest BCUT2D eigenvalue weighted by Crippen LogP contribution is 2.36. The molecule has 140 valence electrons. The summed E-state index contributed by atoms with van der Waals surface area (Å²) in [5, 5.41) is 9.78. The van der Waals surface area contributed by atoms with E-state index in [2.05, 4.69) is 0 Å². The molecule has 0 saturated carbocycles. The van der Waals surface area contributed by atoms with Crippen molar-refractivity contribution in [3.05, 3.63) is 45.9 Å². The second-order valence-corrected chi connectivity index (χ2v) is 5.96. The molecule has 2 rings (SSSR count). The molecule has 0 radical (unpaired) electrons. The Balaban J connectivity index is 1.82. The number of phenolic OH excluding ortho intramolecular Hbond substituents is 1. The van der Waals surface area contributed by atoms with Gasteiger partial charge in [0.1, 0.15) is 5.75 Å². The molecule has 0 spiro atoms. The van der Waals surface area contributed by atoms with Crippen LogP contribution in [0.25, 0.3) is 0 Å². The van der Waals surface area contributed by atoms with Gasteiger partial charge in [0.25, 0.3) is 0 Å². The number of aromatic hydroxyl groups is 1. The zero-order chi connectivity index (χ0) is 19.1. The molecule has 8 heteroatoms. The van der Waals surface area contributed by atoms with Crippen LogP contribution in [-0.2, 0) is 4.74 Å². The predicted molar refractivity (Wildman–Crippen MR) is 98.1 cm³/mol. The summed E-state index contributed by atoms with van der Waals surface area (Å²) >= 11 is 11.9. The summed E-state index contributed by atoms with van der Waals surface area (Å²) in [6.07, 6.45) is 0.437. The molecule has 0 aliphatic heterocycles. The minimum atomic E-state index is -0.480. The van der Waals surface area contributed by atoms with Crippen LogP contribution in [0.5, 0.6) is 23.0 Å². The Labute approximate surface area is 161 Å². The van der Waals surface area contributed by atoms with Gasteiger partial charge in [0.05, 0.1) is 43.0 Å². The Morgan fingerprint density at radius 1 is 1.00 bits per heavy atom. The first-order valence-corrected chi connectivity index (χ1v) is 8.41. The van der Waals surface area contributed by atoms with Gasteiger partial charge < -0.3 is 24.1 Å². The van der Waals surface area contributed by atoms with Gasteiger partial charge in [-0.3, -0.25) is 0 Å². The summed E-state index contributed by atoms with van der Waals surface area (Å²) in [5.41, 5.74) is 0.355. The molecule has 0 heterocycles. The molecule has 2 aromatic carbocycles. The van der Waals surface area contributed by atoms with Crippen molar-refractivity contribution in [3.8, 4) is 23.0 Å². The van der Waals surface area contributed by atoms with E-state index in [1.165, 1.54) is 26.4 Å². The van der Waals surface area contributed by atoms with Crippen LogP contribution in [-0.4, -0.2) is 38.5 Å². The average molecular weight is 401 g/mol.